The number of carboxylic acids is 2. The van der Waals surface area contributed by atoms with Crippen LogP contribution in [0.4, 0.5) is 64.1 Å². The van der Waals surface area contributed by atoms with Crippen molar-refractivity contribution in [1.82, 2.24) is 0 Å². The van der Waals surface area contributed by atoms with E-state index in [0.29, 0.717) is 23.9 Å². The number of alkyl halides is 12. The number of para-hydroxylation sites is 2. The summed E-state index contributed by atoms with van der Waals surface area (Å²) in [5.74, 6) is -21.7. The molecule has 1 aliphatic rings. The maximum Gasteiger partial charge on any atom is 0.430 e. The van der Waals surface area contributed by atoms with Gasteiger partial charge in [-0.15, -0.1) is 0 Å². The van der Waals surface area contributed by atoms with Gasteiger partial charge in [0.05, 0.1) is 35.2 Å². The zero-order chi connectivity index (χ0) is 39.1. The number of carbonyl (C=O) groups is 2. The summed E-state index contributed by atoms with van der Waals surface area (Å²) in [4.78, 5) is 17.6. The fourth-order valence-electron chi connectivity index (χ4n) is 4.91. The Hall–Kier alpha value is -5.04. The summed E-state index contributed by atoms with van der Waals surface area (Å²) in [5.41, 5.74) is 1.80. The van der Waals surface area contributed by atoms with E-state index in [0.717, 1.165) is 30.3 Å². The van der Waals surface area contributed by atoms with Crippen LogP contribution in [0.25, 0.3) is 21.8 Å². The Morgan fingerprint density at radius 2 is 0.904 bits per heavy atom. The van der Waals surface area contributed by atoms with Gasteiger partial charge < -0.3 is 30.4 Å². The Morgan fingerprint density at radius 3 is 1.23 bits per heavy atom. The molecule has 2 N–H and O–H groups in total. The van der Waals surface area contributed by atoms with Gasteiger partial charge in [-0.05, 0) is 18.6 Å². The van der Waals surface area contributed by atoms with Gasteiger partial charge in [-0.2, -0.15) is 61.8 Å². The molecule has 0 radical (unpaired) electrons. The molecule has 0 saturated heterocycles. The number of rotatable bonds is 0. The van der Waals surface area contributed by atoms with Crippen LogP contribution in [0.5, 0.6) is 0 Å². The molecule has 2 aromatic heterocycles. The third-order valence-corrected chi connectivity index (χ3v) is 7.53. The van der Waals surface area contributed by atoms with Gasteiger partial charge in [0.2, 0.25) is 11.0 Å². The molecule has 0 aliphatic carbocycles. The van der Waals surface area contributed by atoms with Gasteiger partial charge in [0.15, 0.2) is 12.4 Å². The van der Waals surface area contributed by atoms with E-state index in [1.165, 1.54) is 12.1 Å². The molecule has 3 heterocycles. The average Bonchev–Trinajstić information content (AvgIpc) is 3.06. The van der Waals surface area contributed by atoms with Crippen molar-refractivity contribution in [3.8, 4) is 0 Å². The first-order valence-corrected chi connectivity index (χ1v) is 15.0. The van der Waals surface area contributed by atoms with Gasteiger partial charge in [0, 0.05) is 37.1 Å². The maximum atomic E-state index is 14.7. The van der Waals surface area contributed by atoms with Crippen LogP contribution in [0.2, 0.25) is 0 Å². The number of anilines is 2. The number of nitrogens with zero attached hydrogens (tertiary/aromatic N) is 2. The lowest BCUT2D eigenvalue weighted by Gasteiger charge is -2.33. The van der Waals surface area contributed by atoms with Gasteiger partial charge in [-0.3, -0.25) is 0 Å². The predicted octanol–water partition coefficient (Wildman–Crippen LogP) is 4.78. The minimum Gasteiger partial charge on any atom is -0.542 e. The fraction of sp³-hybridized carbons (Fsp3) is 0.375. The van der Waals surface area contributed by atoms with Crippen molar-refractivity contribution in [2.75, 3.05) is 23.7 Å². The molecule has 52 heavy (non-hydrogen) atoms. The molecule has 1 aliphatic heterocycles. The first-order valence-electron chi connectivity index (χ1n) is 15.0. The summed E-state index contributed by atoms with van der Waals surface area (Å²) in [7, 11) is 0. The molecule has 284 valence electrons. The molecule has 0 saturated carbocycles. The molecular formula is C32H28F12N4O4. The number of hydrogen-bond acceptors (Lipinski definition) is 6. The lowest BCUT2D eigenvalue weighted by Crippen LogP contribution is -2.59. The summed E-state index contributed by atoms with van der Waals surface area (Å²) in [6, 6.07) is 17.0. The number of halogens is 12. The topological polar surface area (TPSA) is 112 Å². The highest BCUT2D eigenvalue weighted by atomic mass is 19.4. The van der Waals surface area contributed by atoms with Gasteiger partial charge in [0.1, 0.15) is 25.0 Å². The van der Waals surface area contributed by atoms with Crippen molar-refractivity contribution in [3.63, 3.8) is 0 Å². The van der Waals surface area contributed by atoms with Crippen molar-refractivity contribution in [2.45, 2.75) is 62.5 Å². The summed E-state index contributed by atoms with van der Waals surface area (Å²) in [6.45, 7) is -1.96. The third-order valence-electron chi connectivity index (χ3n) is 7.53. The smallest absolute Gasteiger partial charge is 0.430 e. The Bertz CT molecular complexity index is 1740. The number of aromatic nitrogens is 2. The van der Waals surface area contributed by atoms with E-state index in [2.05, 4.69) is 10.6 Å². The molecule has 8 nitrogen and oxygen atoms in total. The number of carbonyl (C=O) groups excluding carboxylic acids is 2. The molecule has 0 fully saturated rings. The summed E-state index contributed by atoms with van der Waals surface area (Å²) in [6.07, 6.45) is -4.33. The quantitative estimate of drug-likeness (QED) is 0.197. The number of pyridine rings is 2. The Morgan fingerprint density at radius 1 is 0.577 bits per heavy atom. The molecule has 0 unspecified atom stereocenters. The first-order chi connectivity index (χ1) is 24.0. The van der Waals surface area contributed by atoms with Crippen LogP contribution in [0.15, 0.2) is 73.1 Å². The lowest BCUT2D eigenvalue weighted by molar-refractivity contribution is -0.675. The Balaban J connectivity index is 0.000000441. The Kier molecular flexibility index (Phi) is 12.8. The maximum absolute atomic E-state index is 14.7. The average molecular weight is 761 g/mol. The number of aliphatic carboxylic acids is 2. The molecule has 5 rings (SSSR count). The molecule has 4 aromatic rings. The van der Waals surface area contributed by atoms with E-state index in [-0.39, 0.29) is 11.4 Å². The largest absolute Gasteiger partial charge is 0.542 e. The molecule has 20 heteroatoms. The summed E-state index contributed by atoms with van der Waals surface area (Å²) >= 11 is 0. The lowest BCUT2D eigenvalue weighted by atomic mass is 10.0. The SMILES string of the molecule is FC1(F)CNc2cc[n+](c3ccccc23)CCCCC[n+]2ccc(c3ccccc32)NCC(F)(F)C1(F)F.O=C([O-])C(F)(F)F.O=C([O-])C(F)(F)F. The van der Waals surface area contributed by atoms with Crippen molar-refractivity contribution in [2.24, 2.45) is 0 Å². The molecule has 4 bridgehead atoms. The molecule has 2 aromatic carbocycles. The molecular weight excluding hydrogens is 732 g/mol. The van der Waals surface area contributed by atoms with Crippen LogP contribution in [0, 0.1) is 0 Å². The van der Waals surface area contributed by atoms with Gasteiger partial charge in [-0.25, -0.2) is 0 Å². The monoisotopic (exact) mass is 760 g/mol. The summed E-state index contributed by atoms with van der Waals surface area (Å²) in [5, 5.41) is 23.3. The van der Waals surface area contributed by atoms with Crippen LogP contribution >= 0.6 is 0 Å². The second-order valence-electron chi connectivity index (χ2n) is 11.2. The standard InChI is InChI=1S/C28H26F6N4.2C2HF3O2/c29-26(30)18-35-22-12-16-37(24-10-4-2-8-20(22)24)14-6-1-7-15-38-17-13-23(21-9-3-5-11-25(21)38)36-19-27(31,32)28(26,33)34;2*3-2(4,5)1(6)7/h2-5,8-13,16-17H,1,6-7,14-15,18-19H2;2*(H,6,7). The van der Waals surface area contributed by atoms with Crippen LogP contribution in [0.1, 0.15) is 19.3 Å². The van der Waals surface area contributed by atoms with E-state index in [4.69, 9.17) is 19.8 Å². The highest BCUT2D eigenvalue weighted by molar-refractivity contribution is 5.89. The van der Waals surface area contributed by atoms with Crippen molar-refractivity contribution < 1.29 is 81.6 Å². The van der Waals surface area contributed by atoms with Crippen LogP contribution in [0.3, 0.4) is 0 Å². The zero-order valence-electron chi connectivity index (χ0n) is 26.4. The van der Waals surface area contributed by atoms with E-state index in [1.54, 1.807) is 48.8 Å². The van der Waals surface area contributed by atoms with Crippen molar-refractivity contribution in [1.29, 1.82) is 0 Å². The van der Waals surface area contributed by atoms with Crippen molar-refractivity contribution >= 4 is 45.1 Å². The van der Waals surface area contributed by atoms with Gasteiger partial charge in [0.25, 0.3) is 0 Å². The second kappa shape index (κ2) is 16.1. The fourth-order valence-corrected chi connectivity index (χ4v) is 4.91. The van der Waals surface area contributed by atoms with Crippen molar-refractivity contribution in [3.05, 3.63) is 73.1 Å². The van der Waals surface area contributed by atoms with E-state index < -0.39 is 55.1 Å². The first kappa shape index (κ1) is 41.4. The minimum atomic E-state index is -5.62. The molecule has 0 spiro atoms. The minimum absolute atomic E-state index is 0.172. The number of aryl methyl sites for hydroxylation is 2. The second-order valence-corrected chi connectivity index (χ2v) is 11.2. The summed E-state index contributed by atoms with van der Waals surface area (Å²) < 4.78 is 155. The molecule has 0 amide bonds. The van der Waals surface area contributed by atoms with Gasteiger partial charge >= 0.3 is 30.1 Å². The van der Waals surface area contributed by atoms with Crippen LogP contribution in [-0.2, 0) is 22.7 Å². The predicted molar refractivity (Wildman–Crippen MR) is 156 cm³/mol. The highest BCUT2D eigenvalue weighted by Gasteiger charge is 2.71. The van der Waals surface area contributed by atoms with E-state index in [9.17, 15) is 52.7 Å². The van der Waals surface area contributed by atoms with Crippen LogP contribution in [-0.4, -0.2) is 55.1 Å². The third kappa shape index (κ3) is 10.1. The highest BCUT2D eigenvalue weighted by Crippen LogP contribution is 2.46. The number of hydrogen-bond donors (Lipinski definition) is 2. The van der Waals surface area contributed by atoms with Gasteiger partial charge in [-0.1, -0.05) is 24.3 Å². The zero-order valence-corrected chi connectivity index (χ0v) is 26.4. The number of fused-ring (bicyclic) bond motifs is 12. The normalized spacial score (nSPS) is 17.4. The number of benzene rings is 2. The Labute approximate surface area is 286 Å². The number of nitrogens with one attached hydrogen (secondary N) is 2. The van der Waals surface area contributed by atoms with Crippen LogP contribution < -0.4 is 30.0 Å². The molecule has 0 atom stereocenters. The van der Waals surface area contributed by atoms with E-state index in [1.807, 2.05) is 21.3 Å². The van der Waals surface area contributed by atoms with E-state index >= 15 is 0 Å². The number of carboxylic acid groups (broad SMARTS) is 2.